The van der Waals surface area contributed by atoms with Gasteiger partial charge < -0.3 is 15.2 Å². The van der Waals surface area contributed by atoms with Crippen molar-refractivity contribution in [2.24, 2.45) is 0 Å². The minimum absolute atomic E-state index is 0.0133. The summed E-state index contributed by atoms with van der Waals surface area (Å²) >= 11 is 3.43. The monoisotopic (exact) mass is 363 g/mol. The highest BCUT2D eigenvalue weighted by Gasteiger charge is 2.15. The number of hydrogen-bond acceptors (Lipinski definition) is 3. The summed E-state index contributed by atoms with van der Waals surface area (Å²) in [7, 11) is 1.60. The Morgan fingerprint density at radius 2 is 2.00 bits per heavy atom. The lowest BCUT2D eigenvalue weighted by Gasteiger charge is -2.16. The fourth-order valence-electron chi connectivity index (χ4n) is 2.14. The molecule has 0 heterocycles. The third kappa shape index (κ3) is 3.60. The van der Waals surface area contributed by atoms with Gasteiger partial charge in [0.2, 0.25) is 0 Å². The highest BCUT2D eigenvalue weighted by Crippen LogP contribution is 2.28. The zero-order chi connectivity index (χ0) is 16.3. The van der Waals surface area contributed by atoms with Gasteiger partial charge in [0.1, 0.15) is 11.5 Å². The Kier molecular flexibility index (Phi) is 5.08. The van der Waals surface area contributed by atoms with Gasteiger partial charge in [0.15, 0.2) is 0 Å². The number of nitrogens with one attached hydrogen (secondary N) is 1. The maximum Gasteiger partial charge on any atom is 0.255 e. The maximum absolute atomic E-state index is 12.3. The summed E-state index contributed by atoms with van der Waals surface area (Å²) in [5.41, 5.74) is 2.11. The van der Waals surface area contributed by atoms with Crippen LogP contribution in [0, 0.1) is 6.92 Å². The molecule has 0 radical (unpaired) electrons. The Morgan fingerprint density at radius 1 is 1.27 bits per heavy atom. The number of rotatable bonds is 4. The normalized spacial score (nSPS) is 11.8. The molecular formula is C17H18BrNO3. The van der Waals surface area contributed by atoms with Gasteiger partial charge >= 0.3 is 0 Å². The molecule has 0 aliphatic carbocycles. The Labute approximate surface area is 138 Å². The van der Waals surface area contributed by atoms with Crippen molar-refractivity contribution in [3.05, 3.63) is 57.6 Å². The van der Waals surface area contributed by atoms with Crippen LogP contribution >= 0.6 is 15.9 Å². The first-order valence-electron chi connectivity index (χ1n) is 6.86. The van der Waals surface area contributed by atoms with Crippen molar-refractivity contribution in [1.29, 1.82) is 0 Å². The summed E-state index contributed by atoms with van der Waals surface area (Å²) in [5.74, 6) is 0.413. The van der Waals surface area contributed by atoms with E-state index in [1.54, 1.807) is 25.3 Å². The Balaban J connectivity index is 2.15. The van der Waals surface area contributed by atoms with Gasteiger partial charge in [-0.15, -0.1) is 0 Å². The number of aromatic hydroxyl groups is 1. The standard InChI is InChI=1S/C17H18BrNO3/c1-10-4-6-13(15(20)8-10)17(21)19-11(2)12-5-7-16(22-3)14(18)9-12/h4-9,11,20H,1-3H3,(H,19,21). The molecule has 0 bridgehead atoms. The number of hydrogen-bond donors (Lipinski definition) is 2. The van der Waals surface area contributed by atoms with E-state index in [0.29, 0.717) is 0 Å². The number of carbonyl (C=O) groups excluding carboxylic acids is 1. The number of ether oxygens (including phenoxy) is 1. The molecule has 1 atom stereocenters. The van der Waals surface area contributed by atoms with E-state index in [1.807, 2.05) is 32.0 Å². The molecule has 0 fully saturated rings. The van der Waals surface area contributed by atoms with Crippen molar-refractivity contribution in [2.45, 2.75) is 19.9 Å². The maximum atomic E-state index is 12.3. The van der Waals surface area contributed by atoms with E-state index < -0.39 is 0 Å². The number of methoxy groups -OCH3 is 1. The molecule has 22 heavy (non-hydrogen) atoms. The summed E-state index contributed by atoms with van der Waals surface area (Å²) in [4.78, 5) is 12.3. The molecule has 5 heteroatoms. The fourth-order valence-corrected chi connectivity index (χ4v) is 2.70. The SMILES string of the molecule is COc1ccc(C(C)NC(=O)c2ccc(C)cc2O)cc1Br. The van der Waals surface area contributed by atoms with Gasteiger partial charge in [0, 0.05) is 0 Å². The molecule has 1 amide bonds. The highest BCUT2D eigenvalue weighted by molar-refractivity contribution is 9.10. The molecule has 2 rings (SSSR count). The van der Waals surface area contributed by atoms with Crippen LogP contribution in [0.3, 0.4) is 0 Å². The van der Waals surface area contributed by atoms with Gasteiger partial charge in [-0.25, -0.2) is 0 Å². The van der Waals surface area contributed by atoms with Crippen molar-refractivity contribution >= 4 is 21.8 Å². The first-order chi connectivity index (χ1) is 10.4. The number of carbonyl (C=O) groups is 1. The van der Waals surface area contributed by atoms with Crippen molar-refractivity contribution in [1.82, 2.24) is 5.32 Å². The van der Waals surface area contributed by atoms with Crippen molar-refractivity contribution < 1.29 is 14.6 Å². The second-order valence-electron chi connectivity index (χ2n) is 5.11. The molecule has 2 N–H and O–H groups in total. The summed E-state index contributed by atoms with van der Waals surface area (Å²) in [6.45, 7) is 3.75. The van der Waals surface area contributed by atoms with Crippen LogP contribution < -0.4 is 10.1 Å². The van der Waals surface area contributed by atoms with Crippen LogP contribution in [-0.2, 0) is 0 Å². The molecule has 0 aromatic heterocycles. The largest absolute Gasteiger partial charge is 0.507 e. The lowest BCUT2D eigenvalue weighted by atomic mass is 10.1. The van der Waals surface area contributed by atoms with Gasteiger partial charge in [-0.1, -0.05) is 12.1 Å². The lowest BCUT2D eigenvalue weighted by molar-refractivity contribution is 0.0937. The van der Waals surface area contributed by atoms with Crippen LogP contribution in [0.4, 0.5) is 0 Å². The zero-order valence-electron chi connectivity index (χ0n) is 12.7. The third-order valence-electron chi connectivity index (χ3n) is 3.42. The second kappa shape index (κ2) is 6.83. The number of aryl methyl sites for hydroxylation is 1. The van der Waals surface area contributed by atoms with Crippen molar-refractivity contribution in [3.8, 4) is 11.5 Å². The van der Waals surface area contributed by atoms with Gasteiger partial charge in [0.05, 0.1) is 23.2 Å². The fraction of sp³-hybridized carbons (Fsp3) is 0.235. The minimum Gasteiger partial charge on any atom is -0.507 e. The molecular weight excluding hydrogens is 346 g/mol. The average molecular weight is 364 g/mol. The summed E-state index contributed by atoms with van der Waals surface area (Å²) < 4.78 is 6.02. The summed E-state index contributed by atoms with van der Waals surface area (Å²) in [6, 6.07) is 10.4. The molecule has 1 unspecified atom stereocenters. The quantitative estimate of drug-likeness (QED) is 0.863. The number of phenolic OH excluding ortho intramolecular Hbond substituents is 1. The predicted molar refractivity (Wildman–Crippen MR) is 89.4 cm³/mol. The van der Waals surface area contributed by atoms with Crippen LogP contribution in [0.2, 0.25) is 0 Å². The molecule has 116 valence electrons. The average Bonchev–Trinajstić information content (AvgIpc) is 2.46. The zero-order valence-corrected chi connectivity index (χ0v) is 14.3. The first kappa shape index (κ1) is 16.4. The van der Waals surface area contributed by atoms with Gasteiger partial charge in [-0.3, -0.25) is 4.79 Å². The van der Waals surface area contributed by atoms with E-state index in [1.165, 1.54) is 0 Å². The number of phenols is 1. The molecule has 0 aliphatic rings. The topological polar surface area (TPSA) is 58.6 Å². The van der Waals surface area contributed by atoms with E-state index in [9.17, 15) is 9.90 Å². The van der Waals surface area contributed by atoms with E-state index in [2.05, 4.69) is 21.2 Å². The Hall–Kier alpha value is -2.01. The second-order valence-corrected chi connectivity index (χ2v) is 5.96. The number of benzene rings is 2. The number of halogens is 1. The molecule has 0 spiro atoms. The molecule has 4 nitrogen and oxygen atoms in total. The van der Waals surface area contributed by atoms with Crippen molar-refractivity contribution in [3.63, 3.8) is 0 Å². The summed E-state index contributed by atoms with van der Waals surface area (Å²) in [6.07, 6.45) is 0. The lowest BCUT2D eigenvalue weighted by Crippen LogP contribution is -2.26. The predicted octanol–water partition coefficient (Wildman–Crippen LogP) is 3.96. The Bertz CT molecular complexity index is 700. The van der Waals surface area contributed by atoms with Crippen LogP contribution in [-0.4, -0.2) is 18.1 Å². The minimum atomic E-state index is -0.308. The van der Waals surface area contributed by atoms with Crippen LogP contribution in [0.5, 0.6) is 11.5 Å². The smallest absolute Gasteiger partial charge is 0.255 e. The molecule has 2 aromatic carbocycles. The molecule has 2 aromatic rings. The molecule has 0 saturated heterocycles. The van der Waals surface area contributed by atoms with Crippen LogP contribution in [0.25, 0.3) is 0 Å². The van der Waals surface area contributed by atoms with E-state index >= 15 is 0 Å². The van der Waals surface area contributed by atoms with Crippen molar-refractivity contribution in [2.75, 3.05) is 7.11 Å². The van der Waals surface area contributed by atoms with Crippen LogP contribution in [0.1, 0.15) is 34.5 Å². The summed E-state index contributed by atoms with van der Waals surface area (Å²) in [5, 5.41) is 12.7. The van der Waals surface area contributed by atoms with Gasteiger partial charge in [-0.2, -0.15) is 0 Å². The number of amides is 1. The van der Waals surface area contributed by atoms with E-state index in [0.717, 1.165) is 21.3 Å². The Morgan fingerprint density at radius 3 is 2.59 bits per heavy atom. The van der Waals surface area contributed by atoms with E-state index in [-0.39, 0.29) is 23.3 Å². The van der Waals surface area contributed by atoms with Crippen LogP contribution in [0.15, 0.2) is 40.9 Å². The third-order valence-corrected chi connectivity index (χ3v) is 4.04. The molecule has 0 aliphatic heterocycles. The van der Waals surface area contributed by atoms with Gasteiger partial charge in [0.25, 0.3) is 5.91 Å². The van der Waals surface area contributed by atoms with Gasteiger partial charge in [-0.05, 0) is 65.2 Å². The van der Waals surface area contributed by atoms with E-state index in [4.69, 9.17) is 4.74 Å². The first-order valence-corrected chi connectivity index (χ1v) is 7.65. The highest BCUT2D eigenvalue weighted by atomic mass is 79.9. The molecule has 0 saturated carbocycles.